The van der Waals surface area contributed by atoms with E-state index >= 15 is 0 Å². The average Bonchev–Trinajstić information content (AvgIpc) is 2.29. The SMILES string of the molecule is CCOC(=O)C[C@H](Nc1ccccn1)C(=O)O.Cl. The lowest BCUT2D eigenvalue weighted by atomic mass is 10.2. The Labute approximate surface area is 111 Å². The fraction of sp³-hybridized carbons (Fsp3) is 0.364. The highest BCUT2D eigenvalue weighted by atomic mass is 35.5. The number of hydrogen-bond donors (Lipinski definition) is 2. The van der Waals surface area contributed by atoms with Crippen molar-refractivity contribution in [2.24, 2.45) is 0 Å². The Hall–Kier alpha value is -1.82. The van der Waals surface area contributed by atoms with Gasteiger partial charge in [0.05, 0.1) is 13.0 Å². The molecule has 0 aromatic carbocycles. The molecule has 100 valence electrons. The van der Waals surface area contributed by atoms with Crippen LogP contribution in [0.25, 0.3) is 0 Å². The number of anilines is 1. The van der Waals surface area contributed by atoms with Crippen LogP contribution in [-0.2, 0) is 14.3 Å². The smallest absolute Gasteiger partial charge is 0.326 e. The van der Waals surface area contributed by atoms with Crippen LogP contribution < -0.4 is 5.32 Å². The molecule has 1 aromatic rings. The van der Waals surface area contributed by atoms with Crippen LogP contribution in [0.3, 0.4) is 0 Å². The van der Waals surface area contributed by atoms with Gasteiger partial charge in [-0.15, -0.1) is 12.4 Å². The van der Waals surface area contributed by atoms with Crippen LogP contribution in [0, 0.1) is 0 Å². The highest BCUT2D eigenvalue weighted by Crippen LogP contribution is 2.06. The third-order valence-electron chi connectivity index (χ3n) is 1.96. The summed E-state index contributed by atoms with van der Waals surface area (Å²) in [4.78, 5) is 26.1. The fourth-order valence-electron chi connectivity index (χ4n) is 1.21. The second kappa shape index (κ2) is 8.30. The van der Waals surface area contributed by atoms with E-state index in [2.05, 4.69) is 10.3 Å². The largest absolute Gasteiger partial charge is 0.480 e. The van der Waals surface area contributed by atoms with Gasteiger partial charge in [-0.2, -0.15) is 0 Å². The van der Waals surface area contributed by atoms with E-state index in [1.807, 2.05) is 0 Å². The summed E-state index contributed by atoms with van der Waals surface area (Å²) < 4.78 is 4.70. The lowest BCUT2D eigenvalue weighted by Crippen LogP contribution is -2.32. The van der Waals surface area contributed by atoms with Crippen LogP contribution in [0.4, 0.5) is 5.82 Å². The summed E-state index contributed by atoms with van der Waals surface area (Å²) in [6, 6.07) is 4.02. The standard InChI is InChI=1S/C11H14N2O4.ClH/c1-2-17-10(14)7-8(11(15)16)13-9-5-3-4-6-12-9;/h3-6,8H,2,7H2,1H3,(H,12,13)(H,15,16);1H/t8-;/m0./s1. The number of carbonyl (C=O) groups is 2. The summed E-state index contributed by atoms with van der Waals surface area (Å²) in [5, 5.41) is 11.6. The van der Waals surface area contributed by atoms with Gasteiger partial charge >= 0.3 is 11.9 Å². The van der Waals surface area contributed by atoms with Crippen LogP contribution in [0.5, 0.6) is 0 Å². The molecule has 18 heavy (non-hydrogen) atoms. The van der Waals surface area contributed by atoms with E-state index in [4.69, 9.17) is 9.84 Å². The number of hydrogen-bond acceptors (Lipinski definition) is 5. The minimum absolute atomic E-state index is 0. The molecule has 0 saturated heterocycles. The molecule has 0 unspecified atom stereocenters. The number of carboxylic acid groups (broad SMARTS) is 1. The number of ether oxygens (including phenoxy) is 1. The molecule has 7 heteroatoms. The Morgan fingerprint density at radius 1 is 1.50 bits per heavy atom. The van der Waals surface area contributed by atoms with Gasteiger partial charge in [0.1, 0.15) is 11.9 Å². The highest BCUT2D eigenvalue weighted by Gasteiger charge is 2.22. The van der Waals surface area contributed by atoms with E-state index < -0.39 is 18.0 Å². The zero-order valence-electron chi connectivity index (χ0n) is 9.83. The van der Waals surface area contributed by atoms with Gasteiger partial charge in [0.2, 0.25) is 0 Å². The Balaban J connectivity index is 0.00000289. The summed E-state index contributed by atoms with van der Waals surface area (Å²) in [7, 11) is 0. The summed E-state index contributed by atoms with van der Waals surface area (Å²) in [6.45, 7) is 1.90. The topological polar surface area (TPSA) is 88.5 Å². The lowest BCUT2D eigenvalue weighted by Gasteiger charge is -2.13. The first-order chi connectivity index (χ1) is 8.13. The third-order valence-corrected chi connectivity index (χ3v) is 1.96. The first-order valence-electron chi connectivity index (χ1n) is 5.19. The molecule has 0 aliphatic heterocycles. The van der Waals surface area contributed by atoms with Gasteiger partial charge in [-0.25, -0.2) is 9.78 Å². The van der Waals surface area contributed by atoms with Crippen molar-refractivity contribution in [3.63, 3.8) is 0 Å². The normalized spacial score (nSPS) is 10.9. The van der Waals surface area contributed by atoms with Gasteiger partial charge in [0.25, 0.3) is 0 Å². The van der Waals surface area contributed by atoms with Gasteiger partial charge in [0.15, 0.2) is 0 Å². The van der Waals surface area contributed by atoms with Crippen molar-refractivity contribution in [1.29, 1.82) is 0 Å². The minimum atomic E-state index is -1.12. The maximum absolute atomic E-state index is 11.2. The highest BCUT2D eigenvalue weighted by molar-refractivity contribution is 5.85. The summed E-state index contributed by atoms with van der Waals surface area (Å²) in [5.41, 5.74) is 0. The van der Waals surface area contributed by atoms with Gasteiger partial charge in [-0.05, 0) is 19.1 Å². The minimum Gasteiger partial charge on any atom is -0.480 e. The van der Waals surface area contributed by atoms with Crippen molar-refractivity contribution in [1.82, 2.24) is 4.98 Å². The predicted octanol–water partition coefficient (Wildman–Crippen LogP) is 1.32. The van der Waals surface area contributed by atoms with Gasteiger partial charge in [-0.1, -0.05) is 6.07 Å². The number of halogens is 1. The molecular weight excluding hydrogens is 260 g/mol. The molecule has 0 radical (unpaired) electrons. The maximum Gasteiger partial charge on any atom is 0.326 e. The Bertz CT molecular complexity index is 386. The number of nitrogens with zero attached hydrogens (tertiary/aromatic N) is 1. The first-order valence-corrected chi connectivity index (χ1v) is 5.19. The molecular formula is C11H15ClN2O4. The average molecular weight is 275 g/mol. The predicted molar refractivity (Wildman–Crippen MR) is 67.8 cm³/mol. The zero-order chi connectivity index (χ0) is 12.7. The van der Waals surface area contributed by atoms with Crippen LogP contribution in [0.1, 0.15) is 13.3 Å². The number of aromatic nitrogens is 1. The van der Waals surface area contributed by atoms with Crippen molar-refractivity contribution in [2.45, 2.75) is 19.4 Å². The van der Waals surface area contributed by atoms with Crippen molar-refractivity contribution in [2.75, 3.05) is 11.9 Å². The molecule has 0 aliphatic carbocycles. The number of carbonyl (C=O) groups excluding carboxylic acids is 1. The summed E-state index contributed by atoms with van der Waals surface area (Å²) in [6.07, 6.45) is 1.30. The molecule has 1 heterocycles. The maximum atomic E-state index is 11.2. The number of pyridine rings is 1. The van der Waals surface area contributed by atoms with E-state index in [-0.39, 0.29) is 25.4 Å². The molecule has 0 amide bonds. The molecule has 0 saturated carbocycles. The van der Waals surface area contributed by atoms with Crippen molar-refractivity contribution in [3.05, 3.63) is 24.4 Å². The monoisotopic (exact) mass is 274 g/mol. The lowest BCUT2D eigenvalue weighted by molar-refractivity contribution is -0.148. The Morgan fingerprint density at radius 2 is 2.22 bits per heavy atom. The fourth-order valence-corrected chi connectivity index (χ4v) is 1.21. The van der Waals surface area contributed by atoms with E-state index in [1.54, 1.807) is 25.1 Å². The van der Waals surface area contributed by atoms with Gasteiger partial charge in [0, 0.05) is 6.20 Å². The number of aliphatic carboxylic acids is 1. The Kier molecular flexibility index (Phi) is 7.46. The van der Waals surface area contributed by atoms with Crippen LogP contribution >= 0.6 is 12.4 Å². The molecule has 0 bridgehead atoms. The van der Waals surface area contributed by atoms with Gasteiger partial charge < -0.3 is 15.2 Å². The van der Waals surface area contributed by atoms with Crippen LogP contribution in [0.15, 0.2) is 24.4 Å². The van der Waals surface area contributed by atoms with E-state index in [0.29, 0.717) is 5.82 Å². The Morgan fingerprint density at radius 3 is 2.72 bits per heavy atom. The quantitative estimate of drug-likeness (QED) is 0.761. The summed E-state index contributed by atoms with van der Waals surface area (Å²) >= 11 is 0. The number of esters is 1. The zero-order valence-corrected chi connectivity index (χ0v) is 10.6. The molecule has 0 fully saturated rings. The number of nitrogens with one attached hydrogen (secondary N) is 1. The molecule has 1 atom stereocenters. The van der Waals surface area contributed by atoms with E-state index in [9.17, 15) is 9.59 Å². The van der Waals surface area contributed by atoms with Crippen molar-refractivity contribution < 1.29 is 19.4 Å². The molecule has 0 aliphatic rings. The molecule has 2 N–H and O–H groups in total. The molecule has 6 nitrogen and oxygen atoms in total. The number of carboxylic acids is 1. The molecule has 0 spiro atoms. The van der Waals surface area contributed by atoms with E-state index in [0.717, 1.165) is 0 Å². The first kappa shape index (κ1) is 16.2. The van der Waals surface area contributed by atoms with Crippen molar-refractivity contribution >= 4 is 30.2 Å². The van der Waals surface area contributed by atoms with Crippen LogP contribution in [0.2, 0.25) is 0 Å². The third kappa shape index (κ3) is 5.49. The molecule has 1 rings (SSSR count). The van der Waals surface area contributed by atoms with E-state index in [1.165, 1.54) is 6.20 Å². The summed E-state index contributed by atoms with van der Waals surface area (Å²) in [5.74, 6) is -1.27. The number of rotatable bonds is 6. The van der Waals surface area contributed by atoms with Gasteiger partial charge in [-0.3, -0.25) is 4.79 Å². The second-order valence-electron chi connectivity index (χ2n) is 3.26. The van der Waals surface area contributed by atoms with Crippen molar-refractivity contribution in [3.8, 4) is 0 Å². The second-order valence-corrected chi connectivity index (χ2v) is 3.26. The molecule has 1 aromatic heterocycles. The van der Waals surface area contributed by atoms with Crippen LogP contribution in [-0.4, -0.2) is 34.7 Å².